The summed E-state index contributed by atoms with van der Waals surface area (Å²) < 4.78 is 29.5. The number of imidazole rings is 1. The molecule has 0 bridgehead atoms. The van der Waals surface area contributed by atoms with Crippen molar-refractivity contribution in [1.29, 1.82) is 0 Å². The first-order chi connectivity index (χ1) is 16.2. The van der Waals surface area contributed by atoms with E-state index in [0.717, 1.165) is 15.2 Å². The number of phenolic OH excluding ortho intramolecular Hbond substituents is 1. The molecule has 1 amide bonds. The quantitative estimate of drug-likeness (QED) is 0.425. The maximum atomic E-state index is 13.4. The minimum atomic E-state index is -4.04. The van der Waals surface area contributed by atoms with E-state index in [-0.39, 0.29) is 34.3 Å². The number of hydrogen-bond donors (Lipinski definition) is 1. The Morgan fingerprint density at radius 2 is 1.91 bits per heavy atom. The molecule has 174 valence electrons. The first-order valence-electron chi connectivity index (χ1n) is 10.4. The van der Waals surface area contributed by atoms with E-state index in [2.05, 4.69) is 19.2 Å². The van der Waals surface area contributed by atoms with Crippen LogP contribution in [0.2, 0.25) is 0 Å². The van der Waals surface area contributed by atoms with Crippen LogP contribution in [0.1, 0.15) is 21.5 Å². The third kappa shape index (κ3) is 3.50. The number of sulfonamides is 1. The van der Waals surface area contributed by atoms with Crippen LogP contribution >= 0.6 is 9.24 Å². The highest BCUT2D eigenvalue weighted by molar-refractivity contribution is 7.92. The number of phenols is 1. The van der Waals surface area contributed by atoms with Gasteiger partial charge in [0.1, 0.15) is 5.52 Å². The number of hydrogen-bond acceptors (Lipinski definition) is 6. The lowest BCUT2D eigenvalue weighted by atomic mass is 10.0. The molecule has 5 rings (SSSR count). The Balaban J connectivity index is 1.66. The van der Waals surface area contributed by atoms with Gasteiger partial charge in [-0.3, -0.25) is 14.1 Å². The van der Waals surface area contributed by atoms with Gasteiger partial charge in [-0.05, 0) is 23.0 Å². The van der Waals surface area contributed by atoms with Crippen LogP contribution < -0.4 is 9.61 Å². The number of amides is 1. The number of rotatable bonds is 5. The lowest BCUT2D eigenvalue weighted by Crippen LogP contribution is -2.28. The predicted octanol–water partition coefficient (Wildman–Crippen LogP) is 2.16. The van der Waals surface area contributed by atoms with Crippen LogP contribution in [0, 0.1) is 0 Å². The molecule has 1 N–H and O–H groups in total. The van der Waals surface area contributed by atoms with Crippen molar-refractivity contribution in [3.63, 3.8) is 0 Å². The molecule has 0 radical (unpaired) electrons. The fourth-order valence-electron chi connectivity index (χ4n) is 4.25. The largest absolute Gasteiger partial charge is 0.505 e. The van der Waals surface area contributed by atoms with Gasteiger partial charge in [0.15, 0.2) is 10.8 Å². The van der Waals surface area contributed by atoms with Crippen molar-refractivity contribution < 1.29 is 18.3 Å². The Morgan fingerprint density at radius 3 is 2.59 bits per heavy atom. The van der Waals surface area contributed by atoms with Gasteiger partial charge in [0.2, 0.25) is 0 Å². The van der Waals surface area contributed by atoms with Gasteiger partial charge in [-0.25, -0.2) is 4.98 Å². The number of aromatic nitrogens is 3. The molecule has 2 aromatic heterocycles. The second-order valence-electron chi connectivity index (χ2n) is 8.20. The number of fused-ring (bicyclic) bond motifs is 2. The Bertz CT molecular complexity index is 1550. The van der Waals surface area contributed by atoms with Gasteiger partial charge < -0.3 is 14.6 Å². The standard InChI is InChI=1S/C23H22N5O4PS/c1-26-12-18(25-13-26)34(31,32)27(2)21-16-4-3-9-24-20(16)22(29)19-17(21)11-28(23(19)30)10-14-5-7-15(33)8-6-14/h3-9,12-13,29H,10-11,33H2,1-2H3. The van der Waals surface area contributed by atoms with Crippen molar-refractivity contribution >= 4 is 47.1 Å². The summed E-state index contributed by atoms with van der Waals surface area (Å²) in [5.74, 6) is -0.620. The summed E-state index contributed by atoms with van der Waals surface area (Å²) in [6.07, 6.45) is 4.32. The second-order valence-corrected chi connectivity index (χ2v) is 10.8. The van der Waals surface area contributed by atoms with Crippen molar-refractivity contribution in [2.75, 3.05) is 11.4 Å². The predicted molar refractivity (Wildman–Crippen MR) is 132 cm³/mol. The molecule has 34 heavy (non-hydrogen) atoms. The monoisotopic (exact) mass is 495 g/mol. The van der Waals surface area contributed by atoms with E-state index in [0.29, 0.717) is 23.2 Å². The number of anilines is 1. The van der Waals surface area contributed by atoms with E-state index in [1.807, 2.05) is 24.3 Å². The molecule has 3 heterocycles. The average molecular weight is 496 g/mol. The number of aromatic hydroxyl groups is 1. The van der Waals surface area contributed by atoms with Crippen LogP contribution in [-0.2, 0) is 30.2 Å². The van der Waals surface area contributed by atoms with Gasteiger partial charge in [0.05, 0.1) is 17.6 Å². The second kappa shape index (κ2) is 8.07. The Labute approximate surface area is 198 Å². The number of pyridine rings is 1. The van der Waals surface area contributed by atoms with Crippen LogP contribution in [0.4, 0.5) is 5.69 Å². The van der Waals surface area contributed by atoms with E-state index in [4.69, 9.17) is 0 Å². The summed E-state index contributed by atoms with van der Waals surface area (Å²) >= 11 is 0. The third-order valence-electron chi connectivity index (χ3n) is 5.94. The Hall–Kier alpha value is -3.49. The third-order valence-corrected chi connectivity index (χ3v) is 7.96. The fourth-order valence-corrected chi connectivity index (χ4v) is 5.65. The first-order valence-corrected chi connectivity index (χ1v) is 12.4. The average Bonchev–Trinajstić information content (AvgIpc) is 3.39. The molecule has 1 aliphatic rings. The summed E-state index contributed by atoms with van der Waals surface area (Å²) in [5, 5.41) is 12.3. The molecule has 0 fully saturated rings. The van der Waals surface area contributed by atoms with Crippen LogP contribution in [0.15, 0.2) is 60.1 Å². The zero-order chi connectivity index (χ0) is 24.2. The van der Waals surface area contributed by atoms with Gasteiger partial charge in [0.25, 0.3) is 15.9 Å². The molecule has 1 atom stereocenters. The molecule has 0 saturated heterocycles. The highest BCUT2D eigenvalue weighted by atomic mass is 32.2. The minimum absolute atomic E-state index is 0.0759. The van der Waals surface area contributed by atoms with Crippen LogP contribution in [0.25, 0.3) is 10.9 Å². The van der Waals surface area contributed by atoms with Gasteiger partial charge in [-0.2, -0.15) is 8.42 Å². The number of aryl methyl sites for hydroxylation is 1. The van der Waals surface area contributed by atoms with E-state index in [1.165, 1.54) is 25.8 Å². The number of carbonyl (C=O) groups excluding carboxylic acids is 1. The summed E-state index contributed by atoms with van der Waals surface area (Å²) in [4.78, 5) is 23.2. The summed E-state index contributed by atoms with van der Waals surface area (Å²) in [6, 6.07) is 11.1. The molecule has 0 saturated carbocycles. The van der Waals surface area contributed by atoms with E-state index in [1.54, 1.807) is 28.6 Å². The van der Waals surface area contributed by atoms with E-state index >= 15 is 0 Å². The number of benzene rings is 2. The van der Waals surface area contributed by atoms with Crippen molar-refractivity contribution in [2.24, 2.45) is 7.05 Å². The van der Waals surface area contributed by atoms with Crippen molar-refractivity contribution in [1.82, 2.24) is 19.4 Å². The maximum absolute atomic E-state index is 13.4. The topological polar surface area (TPSA) is 109 Å². The molecule has 0 spiro atoms. The zero-order valence-electron chi connectivity index (χ0n) is 18.5. The van der Waals surface area contributed by atoms with Crippen molar-refractivity contribution in [2.45, 2.75) is 18.1 Å². The first kappa shape index (κ1) is 22.3. The minimum Gasteiger partial charge on any atom is -0.505 e. The van der Waals surface area contributed by atoms with Gasteiger partial charge in [-0.15, -0.1) is 9.24 Å². The summed E-state index contributed by atoms with van der Waals surface area (Å²) in [5.41, 5.74) is 1.91. The molecule has 0 aliphatic carbocycles. The van der Waals surface area contributed by atoms with Gasteiger partial charge >= 0.3 is 0 Å². The lowest BCUT2D eigenvalue weighted by molar-refractivity contribution is 0.0764. The molecule has 1 aliphatic heterocycles. The highest BCUT2D eigenvalue weighted by Gasteiger charge is 2.38. The number of nitrogens with zero attached hydrogens (tertiary/aromatic N) is 5. The molecular formula is C23H22N5O4PS. The Kier molecular flexibility index (Phi) is 5.30. The summed E-state index contributed by atoms with van der Waals surface area (Å²) in [7, 11) is 1.69. The van der Waals surface area contributed by atoms with Crippen molar-refractivity contribution in [3.05, 3.63) is 71.8 Å². The molecule has 11 heteroatoms. The van der Waals surface area contributed by atoms with E-state index in [9.17, 15) is 18.3 Å². The SMILES string of the molecule is CN(c1c2c(c(O)c3ncccc13)C(=O)N(Cc1ccc(P)cc1)C2)S(=O)(=O)c1cn(C)cn1. The van der Waals surface area contributed by atoms with E-state index < -0.39 is 10.0 Å². The molecule has 2 aromatic carbocycles. The lowest BCUT2D eigenvalue weighted by Gasteiger charge is -2.23. The van der Waals surface area contributed by atoms with Gasteiger partial charge in [-0.1, -0.05) is 24.3 Å². The molecule has 4 aromatic rings. The smallest absolute Gasteiger partial charge is 0.283 e. The van der Waals surface area contributed by atoms with Crippen molar-refractivity contribution in [3.8, 4) is 5.75 Å². The molecule has 1 unspecified atom stereocenters. The molecule has 9 nitrogen and oxygen atoms in total. The normalized spacial score (nSPS) is 13.5. The number of carbonyl (C=O) groups is 1. The van der Waals surface area contributed by atoms with Gasteiger partial charge in [0, 0.05) is 50.5 Å². The van der Waals surface area contributed by atoms with Crippen LogP contribution in [0.3, 0.4) is 0 Å². The zero-order valence-corrected chi connectivity index (χ0v) is 20.5. The van der Waals surface area contributed by atoms with Crippen LogP contribution in [0.5, 0.6) is 5.75 Å². The Morgan fingerprint density at radius 1 is 1.18 bits per heavy atom. The fraction of sp³-hybridized carbons (Fsp3) is 0.174. The highest BCUT2D eigenvalue weighted by Crippen LogP contribution is 2.45. The molecular weight excluding hydrogens is 473 g/mol. The maximum Gasteiger partial charge on any atom is 0.283 e. The summed E-state index contributed by atoms with van der Waals surface area (Å²) in [6.45, 7) is 0.463. The van der Waals surface area contributed by atoms with Crippen LogP contribution in [-0.4, -0.2) is 45.9 Å².